The fraction of sp³-hybridized carbons (Fsp3) is 0.583. The smallest absolute Gasteiger partial charge is 0.356 e. The lowest BCUT2D eigenvalue weighted by Gasteiger charge is -2.41. The minimum Gasteiger partial charge on any atom is -0.476 e. The van der Waals surface area contributed by atoms with Crippen molar-refractivity contribution < 1.29 is 9.90 Å². The molecule has 6 heteroatoms. The van der Waals surface area contributed by atoms with Crippen LogP contribution in [0, 0.1) is 0 Å². The van der Waals surface area contributed by atoms with Crippen molar-refractivity contribution in [1.29, 1.82) is 0 Å². The van der Waals surface area contributed by atoms with Crippen molar-refractivity contribution in [1.82, 2.24) is 10.3 Å². The van der Waals surface area contributed by atoms with E-state index >= 15 is 0 Å². The van der Waals surface area contributed by atoms with Crippen LogP contribution < -0.4 is 10.2 Å². The second kappa shape index (κ2) is 9.92. The summed E-state index contributed by atoms with van der Waals surface area (Å²) >= 11 is 1.58. The number of hydrogen-bond donors (Lipinski definition) is 2. The molecule has 0 spiro atoms. The highest BCUT2D eigenvalue weighted by Crippen LogP contribution is 2.41. The van der Waals surface area contributed by atoms with E-state index in [-0.39, 0.29) is 5.69 Å². The molecule has 4 rings (SSSR count). The summed E-state index contributed by atoms with van der Waals surface area (Å²) in [4.78, 5) is 20.3. The van der Waals surface area contributed by atoms with Gasteiger partial charge in [0.2, 0.25) is 0 Å². The molecular weight excluding hydrogens is 394 g/mol. The van der Waals surface area contributed by atoms with E-state index in [9.17, 15) is 9.90 Å². The molecule has 0 unspecified atom stereocenters. The van der Waals surface area contributed by atoms with E-state index in [1.165, 1.54) is 64.2 Å². The van der Waals surface area contributed by atoms with E-state index in [1.54, 1.807) is 11.3 Å². The van der Waals surface area contributed by atoms with Crippen LogP contribution in [-0.4, -0.2) is 35.2 Å². The number of carboxylic acid groups (broad SMARTS) is 1. The molecule has 30 heavy (non-hydrogen) atoms. The van der Waals surface area contributed by atoms with Gasteiger partial charge in [-0.1, -0.05) is 74.1 Å². The molecule has 5 nitrogen and oxygen atoms in total. The maximum Gasteiger partial charge on any atom is 0.356 e. The number of nitrogens with zero attached hydrogens (tertiary/aromatic N) is 2. The SMILES string of the molecule is CNCc1ccccc1-c1sc(N(C2CCCCC2)C2CCCCC2)nc1C(=O)O. The molecule has 2 aliphatic rings. The monoisotopic (exact) mass is 427 g/mol. The van der Waals surface area contributed by atoms with Crippen molar-refractivity contribution in [2.24, 2.45) is 0 Å². The van der Waals surface area contributed by atoms with Crippen LogP contribution in [0.15, 0.2) is 24.3 Å². The van der Waals surface area contributed by atoms with Gasteiger partial charge in [-0.15, -0.1) is 0 Å². The maximum atomic E-state index is 12.2. The van der Waals surface area contributed by atoms with E-state index in [0.29, 0.717) is 18.6 Å². The van der Waals surface area contributed by atoms with Crippen molar-refractivity contribution in [3.05, 3.63) is 35.5 Å². The van der Waals surface area contributed by atoms with Gasteiger partial charge in [0.25, 0.3) is 0 Å². The highest BCUT2D eigenvalue weighted by molar-refractivity contribution is 7.19. The summed E-state index contributed by atoms with van der Waals surface area (Å²) in [6.07, 6.45) is 12.5. The molecule has 1 aromatic heterocycles. The van der Waals surface area contributed by atoms with Gasteiger partial charge in [0.05, 0.1) is 4.88 Å². The Morgan fingerprint density at radius 3 is 2.23 bits per heavy atom. The van der Waals surface area contributed by atoms with E-state index in [2.05, 4.69) is 16.3 Å². The number of benzene rings is 1. The minimum atomic E-state index is -0.931. The van der Waals surface area contributed by atoms with Crippen molar-refractivity contribution >= 4 is 22.4 Å². The van der Waals surface area contributed by atoms with E-state index in [0.717, 1.165) is 21.1 Å². The maximum absolute atomic E-state index is 12.2. The summed E-state index contributed by atoms with van der Waals surface area (Å²) in [5, 5.41) is 14.1. The van der Waals surface area contributed by atoms with Gasteiger partial charge in [-0.3, -0.25) is 0 Å². The summed E-state index contributed by atoms with van der Waals surface area (Å²) in [6, 6.07) is 9.08. The van der Waals surface area contributed by atoms with Gasteiger partial charge in [0.15, 0.2) is 10.8 Å². The number of thiazole rings is 1. The largest absolute Gasteiger partial charge is 0.476 e. The predicted octanol–water partition coefficient (Wildman–Crippen LogP) is 5.70. The highest BCUT2D eigenvalue weighted by atomic mass is 32.1. The molecule has 0 aliphatic heterocycles. The number of nitrogens with one attached hydrogen (secondary N) is 1. The Morgan fingerprint density at radius 1 is 1.07 bits per heavy atom. The van der Waals surface area contributed by atoms with Crippen LogP contribution in [0.4, 0.5) is 5.13 Å². The molecule has 1 aromatic carbocycles. The lowest BCUT2D eigenvalue weighted by molar-refractivity contribution is 0.0692. The molecule has 2 aromatic rings. The standard InChI is InChI=1S/C24H33N3O2S/c1-25-16-17-10-8-9-15-20(17)22-21(23(28)29)26-24(30-22)27(18-11-4-2-5-12-18)19-13-6-3-7-14-19/h8-10,15,18-19,25H,2-7,11-14,16H2,1H3,(H,28,29). The fourth-order valence-electron chi connectivity index (χ4n) is 5.16. The van der Waals surface area contributed by atoms with Crippen molar-refractivity contribution in [3.63, 3.8) is 0 Å². The molecule has 2 saturated carbocycles. The van der Waals surface area contributed by atoms with Gasteiger partial charge in [-0.05, 0) is 43.9 Å². The molecule has 0 saturated heterocycles. The minimum absolute atomic E-state index is 0.204. The zero-order valence-corrected chi connectivity index (χ0v) is 18.7. The van der Waals surface area contributed by atoms with E-state index in [4.69, 9.17) is 4.98 Å². The van der Waals surface area contributed by atoms with Gasteiger partial charge in [-0.2, -0.15) is 0 Å². The number of rotatable bonds is 7. The number of hydrogen-bond acceptors (Lipinski definition) is 5. The van der Waals surface area contributed by atoms with Gasteiger partial charge in [0, 0.05) is 18.6 Å². The highest BCUT2D eigenvalue weighted by Gasteiger charge is 2.33. The molecule has 2 N–H and O–H groups in total. The average molecular weight is 428 g/mol. The van der Waals surface area contributed by atoms with Crippen molar-refractivity contribution in [2.45, 2.75) is 82.8 Å². The van der Waals surface area contributed by atoms with Crippen LogP contribution in [0.3, 0.4) is 0 Å². The topological polar surface area (TPSA) is 65.5 Å². The number of aromatic nitrogens is 1. The number of carbonyl (C=O) groups is 1. The summed E-state index contributed by atoms with van der Waals surface area (Å²) in [5.41, 5.74) is 2.30. The summed E-state index contributed by atoms with van der Waals surface area (Å²) in [7, 11) is 1.92. The summed E-state index contributed by atoms with van der Waals surface area (Å²) in [5.74, 6) is -0.931. The van der Waals surface area contributed by atoms with Gasteiger partial charge < -0.3 is 15.3 Å². The van der Waals surface area contributed by atoms with Crippen LogP contribution in [-0.2, 0) is 6.54 Å². The average Bonchev–Trinajstić information content (AvgIpc) is 3.21. The van der Waals surface area contributed by atoms with Gasteiger partial charge >= 0.3 is 5.97 Å². The first kappa shape index (κ1) is 21.3. The Hall–Kier alpha value is -1.92. The normalized spacial score (nSPS) is 18.4. The number of anilines is 1. The molecular formula is C24H33N3O2S. The van der Waals surface area contributed by atoms with Crippen molar-refractivity contribution in [2.75, 3.05) is 11.9 Å². The lowest BCUT2D eigenvalue weighted by atomic mass is 9.89. The first-order valence-electron chi connectivity index (χ1n) is 11.4. The Balaban J connectivity index is 1.76. The molecule has 0 radical (unpaired) electrons. The Morgan fingerprint density at radius 2 is 1.67 bits per heavy atom. The van der Waals surface area contributed by atoms with Gasteiger partial charge in [0.1, 0.15) is 0 Å². The molecule has 0 atom stereocenters. The zero-order valence-electron chi connectivity index (χ0n) is 17.9. The first-order valence-corrected chi connectivity index (χ1v) is 12.3. The first-order chi connectivity index (χ1) is 14.7. The van der Waals surface area contributed by atoms with Crippen LogP contribution >= 0.6 is 11.3 Å². The quantitative estimate of drug-likeness (QED) is 0.593. The summed E-state index contributed by atoms with van der Waals surface area (Å²) < 4.78 is 0. The molecule has 162 valence electrons. The molecule has 2 aliphatic carbocycles. The number of aromatic carboxylic acids is 1. The van der Waals surface area contributed by atoms with Gasteiger partial charge in [-0.25, -0.2) is 9.78 Å². The van der Waals surface area contributed by atoms with Crippen LogP contribution in [0.5, 0.6) is 0 Å². The van der Waals surface area contributed by atoms with Crippen LogP contribution in [0.25, 0.3) is 10.4 Å². The third kappa shape index (κ3) is 4.54. The molecule has 0 bridgehead atoms. The third-order valence-electron chi connectivity index (χ3n) is 6.60. The fourth-order valence-corrected chi connectivity index (χ4v) is 6.42. The van der Waals surface area contributed by atoms with Crippen molar-refractivity contribution in [3.8, 4) is 10.4 Å². The Kier molecular flexibility index (Phi) is 7.05. The predicted molar refractivity (Wildman–Crippen MR) is 123 cm³/mol. The number of carboxylic acids is 1. The third-order valence-corrected chi connectivity index (χ3v) is 7.71. The molecule has 2 fully saturated rings. The van der Waals surface area contributed by atoms with Crippen LogP contribution in [0.1, 0.15) is 80.3 Å². The lowest BCUT2D eigenvalue weighted by Crippen LogP contribution is -2.45. The Bertz CT molecular complexity index is 836. The second-order valence-electron chi connectivity index (χ2n) is 8.66. The van der Waals surface area contributed by atoms with E-state index < -0.39 is 5.97 Å². The summed E-state index contributed by atoms with van der Waals surface area (Å²) in [6.45, 7) is 0.706. The van der Waals surface area contributed by atoms with E-state index in [1.807, 2.05) is 25.2 Å². The molecule has 0 amide bonds. The zero-order chi connectivity index (χ0) is 20.9. The van der Waals surface area contributed by atoms with Crippen LogP contribution in [0.2, 0.25) is 0 Å². The Labute approximate surface area is 183 Å². The molecule has 1 heterocycles. The second-order valence-corrected chi connectivity index (χ2v) is 9.64.